The molecule has 2 aromatic rings. The summed E-state index contributed by atoms with van der Waals surface area (Å²) < 4.78 is 2.20. The van der Waals surface area contributed by atoms with Gasteiger partial charge in [0.2, 0.25) is 0 Å². The van der Waals surface area contributed by atoms with Gasteiger partial charge in [0.1, 0.15) is 12.4 Å². The summed E-state index contributed by atoms with van der Waals surface area (Å²) in [6, 6.07) is 10.5. The van der Waals surface area contributed by atoms with Gasteiger partial charge in [0.25, 0.3) is 0 Å². The van der Waals surface area contributed by atoms with E-state index in [9.17, 15) is 0 Å². The molecule has 0 saturated carbocycles. The van der Waals surface area contributed by atoms with Crippen LogP contribution in [0.25, 0.3) is 0 Å². The summed E-state index contributed by atoms with van der Waals surface area (Å²) in [6.45, 7) is 10.5. The van der Waals surface area contributed by atoms with Crippen LogP contribution in [0.3, 0.4) is 0 Å². The normalized spacial score (nSPS) is 20.6. The standard InChI is InChI=1S/C24H36N6/c1-2-25-24(30-15-11-22(20-30)18-28-13-7-4-8-14-28)27-17-23-26-12-16-29(23)19-21-9-5-3-6-10-21/h3,5-6,9-10,12,16,22H,2,4,7-8,11,13-15,17-20H2,1H3,(H,25,27). The molecular formula is C24H36N6. The van der Waals surface area contributed by atoms with Crippen LogP contribution >= 0.6 is 0 Å². The predicted molar refractivity (Wildman–Crippen MR) is 123 cm³/mol. The molecule has 2 aliphatic heterocycles. The van der Waals surface area contributed by atoms with Gasteiger partial charge >= 0.3 is 0 Å². The average Bonchev–Trinajstić information content (AvgIpc) is 3.42. The first-order valence-electron chi connectivity index (χ1n) is 11.6. The second-order valence-electron chi connectivity index (χ2n) is 8.59. The fourth-order valence-corrected chi connectivity index (χ4v) is 4.67. The summed E-state index contributed by atoms with van der Waals surface area (Å²) in [5, 5.41) is 3.51. The van der Waals surface area contributed by atoms with Crippen LogP contribution in [0.5, 0.6) is 0 Å². The van der Waals surface area contributed by atoms with Crippen LogP contribution in [0.4, 0.5) is 0 Å². The number of hydrogen-bond donors (Lipinski definition) is 1. The van der Waals surface area contributed by atoms with Crippen molar-refractivity contribution in [1.82, 2.24) is 24.7 Å². The lowest BCUT2D eigenvalue weighted by atomic mass is 10.1. The molecule has 6 heteroatoms. The maximum Gasteiger partial charge on any atom is 0.194 e. The van der Waals surface area contributed by atoms with E-state index in [4.69, 9.17) is 4.99 Å². The monoisotopic (exact) mass is 408 g/mol. The molecule has 162 valence electrons. The van der Waals surface area contributed by atoms with Crippen molar-refractivity contribution < 1.29 is 0 Å². The molecule has 0 radical (unpaired) electrons. The predicted octanol–water partition coefficient (Wildman–Crippen LogP) is 3.20. The van der Waals surface area contributed by atoms with Gasteiger partial charge in [-0.25, -0.2) is 9.98 Å². The summed E-state index contributed by atoms with van der Waals surface area (Å²) in [5.74, 6) is 2.80. The van der Waals surface area contributed by atoms with Crippen molar-refractivity contribution in [3.05, 3.63) is 54.1 Å². The highest BCUT2D eigenvalue weighted by atomic mass is 15.3. The number of benzene rings is 1. The van der Waals surface area contributed by atoms with Gasteiger partial charge in [-0.3, -0.25) is 0 Å². The summed E-state index contributed by atoms with van der Waals surface area (Å²) in [7, 11) is 0. The Labute approximate surface area is 181 Å². The van der Waals surface area contributed by atoms with Crippen molar-refractivity contribution in [2.24, 2.45) is 10.9 Å². The zero-order valence-electron chi connectivity index (χ0n) is 18.3. The van der Waals surface area contributed by atoms with Crippen molar-refractivity contribution in [1.29, 1.82) is 0 Å². The lowest BCUT2D eigenvalue weighted by molar-refractivity contribution is 0.198. The van der Waals surface area contributed by atoms with E-state index in [1.165, 1.54) is 50.9 Å². The van der Waals surface area contributed by atoms with Gasteiger partial charge in [-0.05, 0) is 50.8 Å². The highest BCUT2D eigenvalue weighted by molar-refractivity contribution is 5.80. The third kappa shape index (κ3) is 5.63. The van der Waals surface area contributed by atoms with Gasteiger partial charge < -0.3 is 19.7 Å². The van der Waals surface area contributed by atoms with Gasteiger partial charge in [0, 0.05) is 45.1 Å². The number of aromatic nitrogens is 2. The minimum atomic E-state index is 0.607. The van der Waals surface area contributed by atoms with Crippen LogP contribution in [0.2, 0.25) is 0 Å². The van der Waals surface area contributed by atoms with E-state index >= 15 is 0 Å². The number of piperidine rings is 1. The van der Waals surface area contributed by atoms with Crippen molar-refractivity contribution in [3.8, 4) is 0 Å². The Morgan fingerprint density at radius 2 is 1.97 bits per heavy atom. The van der Waals surface area contributed by atoms with Crippen LogP contribution < -0.4 is 5.32 Å². The van der Waals surface area contributed by atoms with Crippen LogP contribution in [0, 0.1) is 5.92 Å². The van der Waals surface area contributed by atoms with E-state index in [-0.39, 0.29) is 0 Å². The Morgan fingerprint density at radius 1 is 1.13 bits per heavy atom. The molecule has 2 aliphatic rings. The zero-order valence-corrected chi connectivity index (χ0v) is 18.3. The number of likely N-dealkylation sites (tertiary alicyclic amines) is 2. The Morgan fingerprint density at radius 3 is 2.77 bits per heavy atom. The topological polar surface area (TPSA) is 48.7 Å². The molecule has 1 aromatic heterocycles. The maximum absolute atomic E-state index is 4.96. The Hall–Kier alpha value is -2.34. The first-order valence-corrected chi connectivity index (χ1v) is 11.6. The molecule has 30 heavy (non-hydrogen) atoms. The molecule has 2 fully saturated rings. The molecule has 1 N–H and O–H groups in total. The van der Waals surface area contributed by atoms with Crippen LogP contribution in [-0.4, -0.2) is 64.6 Å². The Balaban J connectivity index is 1.36. The zero-order chi connectivity index (χ0) is 20.6. The number of nitrogens with zero attached hydrogens (tertiary/aromatic N) is 5. The number of imidazole rings is 1. The first-order chi connectivity index (χ1) is 14.8. The van der Waals surface area contributed by atoms with Gasteiger partial charge in [-0.2, -0.15) is 0 Å². The van der Waals surface area contributed by atoms with Gasteiger partial charge in [0.15, 0.2) is 5.96 Å². The largest absolute Gasteiger partial charge is 0.357 e. The van der Waals surface area contributed by atoms with E-state index in [1.54, 1.807) is 0 Å². The Kier molecular flexibility index (Phi) is 7.40. The van der Waals surface area contributed by atoms with Crippen LogP contribution in [0.1, 0.15) is 44.0 Å². The number of rotatable bonds is 7. The molecule has 4 rings (SSSR count). The Bertz CT molecular complexity index is 793. The van der Waals surface area contributed by atoms with E-state index < -0.39 is 0 Å². The molecule has 1 unspecified atom stereocenters. The molecule has 3 heterocycles. The fraction of sp³-hybridized carbons (Fsp3) is 0.583. The summed E-state index contributed by atoms with van der Waals surface area (Å²) in [5.41, 5.74) is 1.28. The minimum absolute atomic E-state index is 0.607. The van der Waals surface area contributed by atoms with Crippen molar-refractivity contribution >= 4 is 5.96 Å². The van der Waals surface area contributed by atoms with Crippen molar-refractivity contribution in [2.75, 3.05) is 39.3 Å². The average molecular weight is 409 g/mol. The van der Waals surface area contributed by atoms with Crippen LogP contribution in [-0.2, 0) is 13.1 Å². The number of guanidine groups is 1. The molecule has 0 amide bonds. The fourth-order valence-electron chi connectivity index (χ4n) is 4.67. The molecule has 6 nitrogen and oxygen atoms in total. The highest BCUT2D eigenvalue weighted by Gasteiger charge is 2.27. The molecule has 0 aliphatic carbocycles. The quantitative estimate of drug-likeness (QED) is 0.565. The van der Waals surface area contributed by atoms with Gasteiger partial charge in [0.05, 0.1) is 0 Å². The first kappa shape index (κ1) is 20.9. The van der Waals surface area contributed by atoms with Crippen molar-refractivity contribution in [2.45, 2.75) is 45.7 Å². The van der Waals surface area contributed by atoms with Gasteiger partial charge in [-0.1, -0.05) is 36.8 Å². The summed E-state index contributed by atoms with van der Waals surface area (Å²) >= 11 is 0. The lowest BCUT2D eigenvalue weighted by Crippen LogP contribution is -2.41. The molecule has 1 aromatic carbocycles. The maximum atomic E-state index is 4.96. The number of aliphatic imine (C=N–C) groups is 1. The summed E-state index contributed by atoms with van der Waals surface area (Å²) in [4.78, 5) is 14.6. The summed E-state index contributed by atoms with van der Waals surface area (Å²) in [6.07, 6.45) is 9.35. The number of hydrogen-bond acceptors (Lipinski definition) is 3. The van der Waals surface area contributed by atoms with E-state index in [0.29, 0.717) is 6.54 Å². The van der Waals surface area contributed by atoms with E-state index in [0.717, 1.165) is 43.9 Å². The number of nitrogens with one attached hydrogen (secondary N) is 1. The molecule has 2 saturated heterocycles. The van der Waals surface area contributed by atoms with Crippen molar-refractivity contribution in [3.63, 3.8) is 0 Å². The third-order valence-electron chi connectivity index (χ3n) is 6.25. The molecule has 0 bridgehead atoms. The van der Waals surface area contributed by atoms with Gasteiger partial charge in [-0.15, -0.1) is 0 Å². The van der Waals surface area contributed by atoms with Crippen LogP contribution in [0.15, 0.2) is 47.7 Å². The second kappa shape index (κ2) is 10.6. The third-order valence-corrected chi connectivity index (χ3v) is 6.25. The highest BCUT2D eigenvalue weighted by Crippen LogP contribution is 2.20. The molecule has 0 spiro atoms. The molecular weight excluding hydrogens is 372 g/mol. The lowest BCUT2D eigenvalue weighted by Gasteiger charge is -2.29. The smallest absolute Gasteiger partial charge is 0.194 e. The molecule has 1 atom stereocenters. The SMILES string of the molecule is CCNC(=NCc1nccn1Cc1ccccc1)N1CCC(CN2CCCCC2)C1. The second-order valence-corrected chi connectivity index (χ2v) is 8.59. The van der Waals surface area contributed by atoms with E-state index in [2.05, 4.69) is 68.1 Å². The minimum Gasteiger partial charge on any atom is -0.357 e. The van der Waals surface area contributed by atoms with E-state index in [1.807, 2.05) is 6.20 Å².